The minimum Gasteiger partial charge on any atom is -0.459 e. The number of benzene rings is 2. The third-order valence-electron chi connectivity index (χ3n) is 4.61. The average molecular weight is 427 g/mol. The van der Waals surface area contributed by atoms with E-state index >= 15 is 0 Å². The summed E-state index contributed by atoms with van der Waals surface area (Å²) in [4.78, 5) is 12.9. The molecule has 4 rings (SSSR count). The lowest BCUT2D eigenvalue weighted by Gasteiger charge is -2.21. The summed E-state index contributed by atoms with van der Waals surface area (Å²) in [5.41, 5.74) is 2.38. The zero-order valence-electron chi connectivity index (χ0n) is 15.9. The van der Waals surface area contributed by atoms with E-state index in [1.165, 1.54) is 23.4 Å². The van der Waals surface area contributed by atoms with Crippen LogP contribution in [-0.2, 0) is 10.0 Å². The molecule has 1 N–H and O–H groups in total. The lowest BCUT2D eigenvalue weighted by Crippen LogP contribution is -2.26. The van der Waals surface area contributed by atoms with E-state index in [-0.39, 0.29) is 5.76 Å². The first-order valence-electron chi connectivity index (χ1n) is 9.08. The number of halogens is 1. The number of rotatable bonds is 5. The van der Waals surface area contributed by atoms with Gasteiger partial charge in [-0.25, -0.2) is 17.8 Å². The standard InChI is InChI=1S/C21H18FN3O4S/c1-30(27,28)24-17-9-7-14(8-10-17)18-13-19(15-4-2-5-16(22)12-15)25(23-18)21(26)20-6-3-11-29-20/h2-12,19,24H,13H2,1H3/t19-/m1/s1. The molecule has 0 bridgehead atoms. The maximum absolute atomic E-state index is 13.8. The van der Waals surface area contributed by atoms with Crippen LogP contribution in [0.15, 0.2) is 76.4 Å². The van der Waals surface area contributed by atoms with Crippen molar-refractivity contribution in [2.45, 2.75) is 12.5 Å². The third-order valence-corrected chi connectivity index (χ3v) is 5.21. The largest absolute Gasteiger partial charge is 0.459 e. The number of hydrazone groups is 1. The van der Waals surface area contributed by atoms with E-state index < -0.39 is 27.8 Å². The number of hydrogen-bond donors (Lipinski definition) is 1. The number of amides is 1. The highest BCUT2D eigenvalue weighted by molar-refractivity contribution is 7.92. The Kier molecular flexibility index (Phi) is 5.13. The molecule has 3 aromatic rings. The van der Waals surface area contributed by atoms with Gasteiger partial charge >= 0.3 is 5.91 Å². The molecular formula is C21H18FN3O4S. The minimum atomic E-state index is -3.38. The molecule has 0 fully saturated rings. The van der Waals surface area contributed by atoms with E-state index in [2.05, 4.69) is 9.82 Å². The van der Waals surface area contributed by atoms with Gasteiger partial charge < -0.3 is 4.42 Å². The normalized spacial score (nSPS) is 16.4. The number of nitrogens with zero attached hydrogens (tertiary/aromatic N) is 2. The van der Waals surface area contributed by atoms with E-state index in [1.54, 1.807) is 48.5 Å². The maximum Gasteiger partial charge on any atom is 0.310 e. The first-order valence-corrected chi connectivity index (χ1v) is 11.0. The summed E-state index contributed by atoms with van der Waals surface area (Å²) in [5.74, 6) is -0.698. The van der Waals surface area contributed by atoms with Crippen molar-refractivity contribution in [3.05, 3.63) is 89.6 Å². The van der Waals surface area contributed by atoms with Crippen molar-refractivity contribution in [2.75, 3.05) is 11.0 Å². The van der Waals surface area contributed by atoms with Crippen LogP contribution < -0.4 is 4.72 Å². The number of carbonyl (C=O) groups excluding carboxylic acids is 1. The van der Waals surface area contributed by atoms with Crippen LogP contribution in [0.5, 0.6) is 0 Å². The van der Waals surface area contributed by atoms with Crippen molar-refractivity contribution in [3.8, 4) is 0 Å². The molecule has 1 aliphatic heterocycles. The van der Waals surface area contributed by atoms with E-state index in [4.69, 9.17) is 4.42 Å². The number of anilines is 1. The second-order valence-electron chi connectivity index (χ2n) is 6.90. The lowest BCUT2D eigenvalue weighted by atomic mass is 9.98. The summed E-state index contributed by atoms with van der Waals surface area (Å²) in [7, 11) is -3.38. The fourth-order valence-corrected chi connectivity index (χ4v) is 3.87. The van der Waals surface area contributed by atoms with Crippen molar-refractivity contribution in [3.63, 3.8) is 0 Å². The predicted octanol–water partition coefficient (Wildman–Crippen LogP) is 3.78. The van der Waals surface area contributed by atoms with Gasteiger partial charge in [0.2, 0.25) is 10.0 Å². The Morgan fingerprint density at radius 3 is 2.57 bits per heavy atom. The van der Waals surface area contributed by atoms with Gasteiger partial charge in [0.15, 0.2) is 5.76 Å². The molecule has 0 radical (unpaired) electrons. The molecule has 30 heavy (non-hydrogen) atoms. The van der Waals surface area contributed by atoms with Gasteiger partial charge in [-0.2, -0.15) is 5.10 Å². The SMILES string of the molecule is CS(=O)(=O)Nc1ccc(C2=NN(C(=O)c3ccco3)[C@@H](c3cccc(F)c3)C2)cc1. The summed E-state index contributed by atoms with van der Waals surface area (Å²) in [5, 5.41) is 5.78. The van der Waals surface area contributed by atoms with Gasteiger partial charge in [-0.05, 0) is 47.5 Å². The van der Waals surface area contributed by atoms with Crippen LogP contribution in [0.25, 0.3) is 0 Å². The molecular weight excluding hydrogens is 409 g/mol. The van der Waals surface area contributed by atoms with Crippen molar-refractivity contribution in [1.29, 1.82) is 0 Å². The molecule has 1 amide bonds. The fourth-order valence-electron chi connectivity index (χ4n) is 3.30. The molecule has 0 unspecified atom stereocenters. The number of furan rings is 1. The average Bonchev–Trinajstić information content (AvgIpc) is 3.37. The second-order valence-corrected chi connectivity index (χ2v) is 8.65. The second kappa shape index (κ2) is 7.75. The van der Waals surface area contributed by atoms with Crippen LogP contribution in [0.1, 0.15) is 34.1 Å². The van der Waals surface area contributed by atoms with Crippen LogP contribution in [0, 0.1) is 5.82 Å². The van der Waals surface area contributed by atoms with Gasteiger partial charge in [0.05, 0.1) is 24.3 Å². The van der Waals surface area contributed by atoms with E-state index in [1.807, 2.05) is 0 Å². The van der Waals surface area contributed by atoms with Gasteiger partial charge in [-0.1, -0.05) is 24.3 Å². The van der Waals surface area contributed by atoms with Gasteiger partial charge in [0.1, 0.15) is 5.82 Å². The molecule has 1 atom stereocenters. The van der Waals surface area contributed by atoms with Gasteiger partial charge in [0.25, 0.3) is 0 Å². The van der Waals surface area contributed by atoms with E-state index in [0.717, 1.165) is 11.8 Å². The predicted molar refractivity (Wildman–Crippen MR) is 110 cm³/mol. The van der Waals surface area contributed by atoms with Crippen molar-refractivity contribution in [1.82, 2.24) is 5.01 Å². The van der Waals surface area contributed by atoms with Crippen LogP contribution in [0.4, 0.5) is 10.1 Å². The summed E-state index contributed by atoms with van der Waals surface area (Å²) < 4.78 is 44.2. The number of carbonyl (C=O) groups is 1. The highest BCUT2D eigenvalue weighted by Gasteiger charge is 2.34. The summed E-state index contributed by atoms with van der Waals surface area (Å²) in [6.07, 6.45) is 2.84. The van der Waals surface area contributed by atoms with E-state index in [0.29, 0.717) is 23.4 Å². The molecule has 1 aliphatic rings. The van der Waals surface area contributed by atoms with E-state index in [9.17, 15) is 17.6 Å². The zero-order chi connectivity index (χ0) is 21.3. The fraction of sp³-hybridized carbons (Fsp3) is 0.143. The molecule has 0 saturated carbocycles. The number of hydrogen-bond acceptors (Lipinski definition) is 5. The summed E-state index contributed by atoms with van der Waals surface area (Å²) in [6.45, 7) is 0. The Morgan fingerprint density at radius 2 is 1.93 bits per heavy atom. The minimum absolute atomic E-state index is 0.133. The highest BCUT2D eigenvalue weighted by Crippen LogP contribution is 2.34. The Balaban J connectivity index is 1.67. The van der Waals surface area contributed by atoms with Gasteiger partial charge in [-0.15, -0.1) is 0 Å². The topological polar surface area (TPSA) is 92.0 Å². The number of nitrogens with one attached hydrogen (secondary N) is 1. The van der Waals surface area contributed by atoms with Crippen molar-refractivity contribution in [2.24, 2.45) is 5.10 Å². The van der Waals surface area contributed by atoms with Crippen LogP contribution in [0.3, 0.4) is 0 Å². The zero-order valence-corrected chi connectivity index (χ0v) is 16.8. The van der Waals surface area contributed by atoms with Crippen LogP contribution in [0.2, 0.25) is 0 Å². The van der Waals surface area contributed by atoms with Gasteiger partial charge in [0, 0.05) is 12.1 Å². The monoisotopic (exact) mass is 427 g/mol. The van der Waals surface area contributed by atoms with Crippen LogP contribution >= 0.6 is 0 Å². The molecule has 2 heterocycles. The maximum atomic E-state index is 13.8. The highest BCUT2D eigenvalue weighted by atomic mass is 32.2. The molecule has 154 valence electrons. The smallest absolute Gasteiger partial charge is 0.310 e. The Labute approximate surface area is 172 Å². The summed E-state index contributed by atoms with van der Waals surface area (Å²) >= 11 is 0. The summed E-state index contributed by atoms with van der Waals surface area (Å²) in [6, 6.07) is 15.4. The molecule has 7 nitrogen and oxygen atoms in total. The van der Waals surface area contributed by atoms with Crippen LogP contribution in [-0.4, -0.2) is 31.3 Å². The third kappa shape index (κ3) is 4.25. The quantitative estimate of drug-likeness (QED) is 0.671. The van der Waals surface area contributed by atoms with Crippen molar-refractivity contribution >= 4 is 27.3 Å². The first-order chi connectivity index (χ1) is 14.3. The Hall–Kier alpha value is -3.46. The molecule has 0 saturated heterocycles. The molecule has 0 aliphatic carbocycles. The Morgan fingerprint density at radius 1 is 1.17 bits per heavy atom. The number of sulfonamides is 1. The van der Waals surface area contributed by atoms with Gasteiger partial charge in [-0.3, -0.25) is 9.52 Å². The lowest BCUT2D eigenvalue weighted by molar-refractivity contribution is 0.0678. The Bertz CT molecular complexity index is 1210. The molecule has 2 aromatic carbocycles. The molecule has 9 heteroatoms. The first kappa shape index (κ1) is 19.8. The molecule has 1 aromatic heterocycles. The van der Waals surface area contributed by atoms with Crippen molar-refractivity contribution < 1.29 is 22.0 Å². The molecule has 0 spiro atoms.